The van der Waals surface area contributed by atoms with E-state index in [2.05, 4.69) is 17.6 Å². The number of rotatable bonds is 8. The smallest absolute Gasteiger partial charge is 0.157 e. The molecule has 0 atom stereocenters. The molecule has 0 aromatic carbocycles. The maximum Gasteiger partial charge on any atom is 0.157 e. The summed E-state index contributed by atoms with van der Waals surface area (Å²) in [6, 6.07) is 2.39. The Kier molecular flexibility index (Phi) is 6.11. The van der Waals surface area contributed by atoms with E-state index in [1.165, 1.54) is 31.4 Å². The Balaban J connectivity index is 1.89. The molecule has 0 bridgehead atoms. The second kappa shape index (κ2) is 7.84. The molecule has 0 unspecified atom stereocenters. The molecule has 3 heteroatoms. The molecule has 1 aromatic heterocycles. The largest absolute Gasteiger partial charge is 0.353 e. The third-order valence-electron chi connectivity index (χ3n) is 4.14. The molecule has 0 spiro atoms. The number of nitrogens with zero attached hydrogens (tertiary/aromatic N) is 1. The minimum absolute atomic E-state index is 0.0308. The molecule has 3 nitrogen and oxygen atoms in total. The first-order valence-corrected chi connectivity index (χ1v) is 8.17. The standard InChI is InChI=1S/C17H29NO2/c1-4-19-17(20-5-2)11-8-12-18-14(3)13-15-9-6-7-10-16(15)18/h13,17H,4-12H2,1-3H3. The van der Waals surface area contributed by atoms with Crippen molar-refractivity contribution < 1.29 is 9.47 Å². The molecule has 2 rings (SSSR count). The Morgan fingerprint density at radius 1 is 1.15 bits per heavy atom. The van der Waals surface area contributed by atoms with Crippen LogP contribution in [0.1, 0.15) is 56.5 Å². The number of aromatic nitrogens is 1. The molecule has 0 N–H and O–H groups in total. The Bertz CT molecular complexity index is 405. The van der Waals surface area contributed by atoms with Crippen LogP contribution >= 0.6 is 0 Å². The van der Waals surface area contributed by atoms with Crippen molar-refractivity contribution in [1.29, 1.82) is 0 Å². The summed E-state index contributed by atoms with van der Waals surface area (Å²) in [4.78, 5) is 0. The predicted octanol–water partition coefficient (Wildman–Crippen LogP) is 3.85. The first-order valence-electron chi connectivity index (χ1n) is 8.17. The molecule has 0 saturated carbocycles. The van der Waals surface area contributed by atoms with Gasteiger partial charge in [0.2, 0.25) is 0 Å². The highest BCUT2D eigenvalue weighted by molar-refractivity contribution is 5.29. The highest BCUT2D eigenvalue weighted by Crippen LogP contribution is 2.25. The van der Waals surface area contributed by atoms with E-state index in [4.69, 9.17) is 9.47 Å². The van der Waals surface area contributed by atoms with Crippen molar-refractivity contribution >= 4 is 0 Å². The predicted molar refractivity (Wildman–Crippen MR) is 82.1 cm³/mol. The van der Waals surface area contributed by atoms with Crippen molar-refractivity contribution in [3.05, 3.63) is 23.0 Å². The third-order valence-corrected chi connectivity index (χ3v) is 4.14. The van der Waals surface area contributed by atoms with Crippen LogP contribution in [0.4, 0.5) is 0 Å². The van der Waals surface area contributed by atoms with Gasteiger partial charge in [0.25, 0.3) is 0 Å². The molecule has 20 heavy (non-hydrogen) atoms. The van der Waals surface area contributed by atoms with Gasteiger partial charge in [-0.25, -0.2) is 0 Å². The molecule has 1 aliphatic rings. The number of aryl methyl sites for hydroxylation is 2. The number of hydrogen-bond acceptors (Lipinski definition) is 2. The van der Waals surface area contributed by atoms with E-state index in [9.17, 15) is 0 Å². The van der Waals surface area contributed by atoms with Crippen molar-refractivity contribution in [1.82, 2.24) is 4.57 Å². The van der Waals surface area contributed by atoms with Crippen molar-refractivity contribution in [2.45, 2.75) is 72.1 Å². The topological polar surface area (TPSA) is 23.4 Å². The van der Waals surface area contributed by atoms with Gasteiger partial charge < -0.3 is 14.0 Å². The lowest BCUT2D eigenvalue weighted by molar-refractivity contribution is -0.140. The van der Waals surface area contributed by atoms with Crippen LogP contribution in [-0.4, -0.2) is 24.1 Å². The monoisotopic (exact) mass is 279 g/mol. The summed E-state index contributed by atoms with van der Waals surface area (Å²) >= 11 is 0. The van der Waals surface area contributed by atoms with E-state index in [-0.39, 0.29) is 6.29 Å². The van der Waals surface area contributed by atoms with Crippen LogP contribution in [0, 0.1) is 6.92 Å². The lowest BCUT2D eigenvalue weighted by atomic mass is 9.98. The van der Waals surface area contributed by atoms with Gasteiger partial charge in [0.1, 0.15) is 0 Å². The molecule has 0 amide bonds. The first-order chi connectivity index (χ1) is 9.76. The SMILES string of the molecule is CCOC(CCCn1c(C)cc2c1CCCC2)OCC. The van der Waals surface area contributed by atoms with Crippen LogP contribution in [0.5, 0.6) is 0 Å². The lowest BCUT2D eigenvalue weighted by Gasteiger charge is -2.19. The molecule has 0 fully saturated rings. The average molecular weight is 279 g/mol. The molecular weight excluding hydrogens is 250 g/mol. The van der Waals surface area contributed by atoms with E-state index in [0.29, 0.717) is 0 Å². The zero-order valence-electron chi connectivity index (χ0n) is 13.3. The van der Waals surface area contributed by atoms with Gasteiger partial charge in [0.05, 0.1) is 0 Å². The summed E-state index contributed by atoms with van der Waals surface area (Å²) in [5.41, 5.74) is 4.58. The fourth-order valence-corrected chi connectivity index (χ4v) is 3.23. The maximum absolute atomic E-state index is 5.61. The quantitative estimate of drug-likeness (QED) is 0.675. The van der Waals surface area contributed by atoms with Crippen LogP contribution < -0.4 is 0 Å². The second-order valence-electron chi connectivity index (χ2n) is 5.60. The van der Waals surface area contributed by atoms with Crippen molar-refractivity contribution in [3.63, 3.8) is 0 Å². The highest BCUT2D eigenvalue weighted by atomic mass is 16.7. The maximum atomic E-state index is 5.61. The second-order valence-corrected chi connectivity index (χ2v) is 5.60. The third kappa shape index (κ3) is 3.86. The molecule has 1 aromatic rings. The fourth-order valence-electron chi connectivity index (χ4n) is 3.23. The molecular formula is C17H29NO2. The molecule has 0 aliphatic heterocycles. The number of hydrogen-bond donors (Lipinski definition) is 0. The van der Waals surface area contributed by atoms with Crippen LogP contribution in [0.2, 0.25) is 0 Å². The molecule has 0 saturated heterocycles. The van der Waals surface area contributed by atoms with Gasteiger partial charge in [-0.3, -0.25) is 0 Å². The van der Waals surface area contributed by atoms with Crippen LogP contribution in [0.15, 0.2) is 6.07 Å². The summed E-state index contributed by atoms with van der Waals surface area (Å²) < 4.78 is 13.7. The van der Waals surface area contributed by atoms with Gasteiger partial charge in [-0.15, -0.1) is 0 Å². The molecule has 1 aliphatic carbocycles. The van der Waals surface area contributed by atoms with Gasteiger partial charge in [-0.2, -0.15) is 0 Å². The molecule has 1 heterocycles. The minimum atomic E-state index is -0.0308. The van der Waals surface area contributed by atoms with Crippen LogP contribution in [-0.2, 0) is 28.9 Å². The van der Waals surface area contributed by atoms with Crippen LogP contribution in [0.3, 0.4) is 0 Å². The Morgan fingerprint density at radius 2 is 1.85 bits per heavy atom. The van der Waals surface area contributed by atoms with Crippen molar-refractivity contribution in [2.75, 3.05) is 13.2 Å². The summed E-state index contributed by atoms with van der Waals surface area (Å²) in [6.45, 7) is 8.83. The summed E-state index contributed by atoms with van der Waals surface area (Å²) in [7, 11) is 0. The Labute approximate surface area is 123 Å². The van der Waals surface area contributed by atoms with Crippen molar-refractivity contribution in [3.8, 4) is 0 Å². The van der Waals surface area contributed by atoms with Crippen molar-refractivity contribution in [2.24, 2.45) is 0 Å². The van der Waals surface area contributed by atoms with Gasteiger partial charge in [-0.05, 0) is 64.5 Å². The molecule has 114 valence electrons. The summed E-state index contributed by atoms with van der Waals surface area (Å²) in [5, 5.41) is 0. The average Bonchev–Trinajstić information content (AvgIpc) is 2.76. The normalized spacial score (nSPS) is 14.8. The van der Waals surface area contributed by atoms with E-state index in [1.54, 1.807) is 11.3 Å². The highest BCUT2D eigenvalue weighted by Gasteiger charge is 2.16. The number of ether oxygens (including phenoxy) is 2. The summed E-state index contributed by atoms with van der Waals surface area (Å²) in [6.07, 6.45) is 7.29. The Hall–Kier alpha value is -0.800. The lowest BCUT2D eigenvalue weighted by Crippen LogP contribution is -2.18. The van der Waals surface area contributed by atoms with Gasteiger partial charge in [0.15, 0.2) is 6.29 Å². The minimum Gasteiger partial charge on any atom is -0.353 e. The molecule has 0 radical (unpaired) electrons. The van der Waals surface area contributed by atoms with E-state index in [1.807, 2.05) is 13.8 Å². The Morgan fingerprint density at radius 3 is 2.55 bits per heavy atom. The number of fused-ring (bicyclic) bond motifs is 1. The van der Waals surface area contributed by atoms with E-state index in [0.717, 1.165) is 32.6 Å². The first kappa shape index (κ1) is 15.6. The summed E-state index contributed by atoms with van der Waals surface area (Å²) in [5.74, 6) is 0. The zero-order chi connectivity index (χ0) is 14.4. The van der Waals surface area contributed by atoms with E-state index >= 15 is 0 Å². The van der Waals surface area contributed by atoms with Gasteiger partial charge in [-0.1, -0.05) is 0 Å². The van der Waals surface area contributed by atoms with Gasteiger partial charge >= 0.3 is 0 Å². The van der Waals surface area contributed by atoms with Crippen LogP contribution in [0.25, 0.3) is 0 Å². The fraction of sp³-hybridized carbons (Fsp3) is 0.765. The van der Waals surface area contributed by atoms with Gasteiger partial charge in [0, 0.05) is 37.6 Å². The zero-order valence-corrected chi connectivity index (χ0v) is 13.3. The van der Waals surface area contributed by atoms with E-state index < -0.39 is 0 Å².